The summed E-state index contributed by atoms with van der Waals surface area (Å²) in [5.74, 6) is -0.731. The lowest BCUT2D eigenvalue weighted by molar-refractivity contribution is -0.385. The Labute approximate surface area is 133 Å². The highest BCUT2D eigenvalue weighted by Crippen LogP contribution is 2.25. The molecule has 122 valence electrons. The number of halogens is 1. The van der Waals surface area contributed by atoms with Crippen molar-refractivity contribution in [1.29, 1.82) is 0 Å². The van der Waals surface area contributed by atoms with E-state index < -0.39 is 16.9 Å². The van der Waals surface area contributed by atoms with Gasteiger partial charge in [-0.25, -0.2) is 10.1 Å². The van der Waals surface area contributed by atoms with Crippen molar-refractivity contribution in [3.63, 3.8) is 0 Å². The summed E-state index contributed by atoms with van der Waals surface area (Å²) in [5, 5.41) is 18.0. The molecule has 0 spiro atoms. The Bertz CT molecular complexity index is 756. The van der Waals surface area contributed by atoms with Gasteiger partial charge in [0.2, 0.25) is 0 Å². The molecule has 2 aromatic rings. The van der Waals surface area contributed by atoms with Gasteiger partial charge in [0.15, 0.2) is 5.13 Å². The molecule has 9 nitrogen and oxygen atoms in total. The van der Waals surface area contributed by atoms with Crippen LogP contribution in [0.5, 0.6) is 5.88 Å². The van der Waals surface area contributed by atoms with Crippen molar-refractivity contribution in [3.05, 3.63) is 38.5 Å². The van der Waals surface area contributed by atoms with E-state index in [0.717, 1.165) is 22.2 Å². The van der Waals surface area contributed by atoms with E-state index in [2.05, 4.69) is 15.6 Å². The van der Waals surface area contributed by atoms with Crippen LogP contribution in [0, 0.1) is 15.2 Å². The first-order valence-corrected chi connectivity index (χ1v) is 7.09. The van der Waals surface area contributed by atoms with Crippen LogP contribution in [-0.4, -0.2) is 33.9 Å². The molecule has 1 N–H and O–H groups in total. The van der Waals surface area contributed by atoms with E-state index in [9.17, 15) is 19.3 Å². The first kappa shape index (κ1) is 16.5. The molecule has 2 heterocycles. The molecule has 1 atom stereocenters. The monoisotopic (exact) mass is 341 g/mol. The highest BCUT2D eigenvalue weighted by Gasteiger charge is 2.25. The fraction of sp³-hybridized carbons (Fsp3) is 0.250. The number of carbonyl (C=O) groups is 1. The molecule has 0 aliphatic carbocycles. The van der Waals surface area contributed by atoms with Gasteiger partial charge in [-0.2, -0.15) is 9.49 Å². The second-order valence-corrected chi connectivity index (χ2v) is 5.38. The maximum Gasteiger partial charge on any atom is 0.350 e. The highest BCUT2D eigenvalue weighted by atomic mass is 32.1. The number of carbonyl (C=O) groups excluding carboxylic acids is 1. The fourth-order valence-corrected chi connectivity index (χ4v) is 2.21. The van der Waals surface area contributed by atoms with Gasteiger partial charge in [-0.3, -0.25) is 14.9 Å². The van der Waals surface area contributed by atoms with Gasteiger partial charge >= 0.3 is 11.6 Å². The molecule has 0 radical (unpaired) electrons. The average Bonchev–Trinajstić information content (AvgIpc) is 3.12. The summed E-state index contributed by atoms with van der Waals surface area (Å²) >= 11 is 0.879. The summed E-state index contributed by atoms with van der Waals surface area (Å²) in [6.45, 7) is 1.49. The van der Waals surface area contributed by atoms with Crippen LogP contribution in [0.25, 0.3) is 0 Å². The zero-order chi connectivity index (χ0) is 17.0. The number of nitrogens with zero attached hydrogens (tertiary/aromatic N) is 4. The lowest BCUT2D eigenvalue weighted by Gasteiger charge is -2.08. The minimum Gasteiger partial charge on any atom is -0.475 e. The van der Waals surface area contributed by atoms with Crippen molar-refractivity contribution in [2.75, 3.05) is 7.11 Å². The Morgan fingerprint density at radius 1 is 1.65 bits per heavy atom. The van der Waals surface area contributed by atoms with E-state index in [0.29, 0.717) is 4.88 Å². The fourth-order valence-electron chi connectivity index (χ4n) is 1.61. The number of ether oxygens (including phenoxy) is 1. The van der Waals surface area contributed by atoms with Crippen LogP contribution in [0.15, 0.2) is 23.4 Å². The first-order chi connectivity index (χ1) is 10.9. The molecule has 0 aromatic carbocycles. The number of hydrogen-bond acceptors (Lipinski definition) is 7. The third kappa shape index (κ3) is 3.88. The van der Waals surface area contributed by atoms with Gasteiger partial charge in [0.05, 0.1) is 23.1 Å². The van der Waals surface area contributed by atoms with Crippen LogP contribution in [0.4, 0.5) is 10.1 Å². The van der Waals surface area contributed by atoms with E-state index in [4.69, 9.17) is 4.74 Å². The number of rotatable bonds is 6. The number of thiophene rings is 1. The lowest BCUT2D eigenvalue weighted by Crippen LogP contribution is -2.27. The van der Waals surface area contributed by atoms with Gasteiger partial charge in [0.25, 0.3) is 5.91 Å². The van der Waals surface area contributed by atoms with Gasteiger partial charge in [0, 0.05) is 0 Å². The maximum atomic E-state index is 12.8. The Morgan fingerprint density at radius 2 is 2.39 bits per heavy atom. The smallest absolute Gasteiger partial charge is 0.350 e. The number of methoxy groups -OCH3 is 1. The van der Waals surface area contributed by atoms with Crippen LogP contribution in [-0.2, 0) is 4.79 Å². The summed E-state index contributed by atoms with van der Waals surface area (Å²) < 4.78 is 18.7. The molecule has 0 bridgehead atoms. The summed E-state index contributed by atoms with van der Waals surface area (Å²) in [6, 6.07) is 1.95. The molecule has 11 heteroatoms. The van der Waals surface area contributed by atoms with Crippen molar-refractivity contribution >= 4 is 29.1 Å². The molecule has 0 unspecified atom stereocenters. The number of nitrogens with one attached hydrogen (secondary N) is 1. The Balaban J connectivity index is 2.04. The van der Waals surface area contributed by atoms with E-state index >= 15 is 0 Å². The second kappa shape index (κ2) is 6.96. The standard InChI is InChI=1S/C12H12FN5O4S/c1-7(17-6-9(18(20)21)12(16-17)22-2)11(19)15-14-5-8-3-4-10(13)23-8/h3-7H,1-2H3,(H,15,19)/b14-5-/t7-/m1/s1. The first-order valence-electron chi connectivity index (χ1n) is 6.28. The van der Waals surface area contributed by atoms with E-state index in [1.54, 1.807) is 0 Å². The largest absolute Gasteiger partial charge is 0.475 e. The van der Waals surface area contributed by atoms with E-state index in [-0.39, 0.29) is 16.7 Å². The summed E-state index contributed by atoms with van der Waals surface area (Å²) in [5.41, 5.74) is 1.91. The Hall–Kier alpha value is -2.82. The van der Waals surface area contributed by atoms with Crippen LogP contribution in [0.3, 0.4) is 0 Å². The van der Waals surface area contributed by atoms with Gasteiger partial charge in [-0.1, -0.05) is 0 Å². The van der Waals surface area contributed by atoms with Crippen molar-refractivity contribution in [1.82, 2.24) is 15.2 Å². The van der Waals surface area contributed by atoms with E-state index in [1.165, 1.54) is 32.4 Å². The van der Waals surface area contributed by atoms with Crippen LogP contribution >= 0.6 is 11.3 Å². The summed E-state index contributed by atoms with van der Waals surface area (Å²) in [6.07, 6.45) is 2.39. The predicted molar refractivity (Wildman–Crippen MR) is 80.2 cm³/mol. The summed E-state index contributed by atoms with van der Waals surface area (Å²) in [4.78, 5) is 22.7. The van der Waals surface area contributed by atoms with Gasteiger partial charge in [-0.05, 0) is 19.1 Å². The normalized spacial score (nSPS) is 12.3. The molecule has 2 aromatic heterocycles. The molecule has 23 heavy (non-hydrogen) atoms. The topological polar surface area (TPSA) is 112 Å². The Morgan fingerprint density at radius 3 is 2.91 bits per heavy atom. The zero-order valence-corrected chi connectivity index (χ0v) is 12.9. The number of amides is 1. The zero-order valence-electron chi connectivity index (χ0n) is 12.1. The predicted octanol–water partition coefficient (Wildman–Crippen LogP) is 1.71. The number of hydrogen-bond donors (Lipinski definition) is 1. The van der Waals surface area contributed by atoms with Crippen molar-refractivity contribution in [2.45, 2.75) is 13.0 Å². The molecule has 1 amide bonds. The third-order valence-corrected chi connectivity index (χ3v) is 3.62. The molecule has 0 aliphatic heterocycles. The minimum absolute atomic E-state index is 0.188. The average molecular weight is 341 g/mol. The van der Waals surface area contributed by atoms with Crippen molar-refractivity contribution < 1.29 is 18.8 Å². The number of aromatic nitrogens is 2. The maximum absolute atomic E-state index is 12.8. The molecule has 0 aliphatic rings. The van der Waals surface area contributed by atoms with Crippen molar-refractivity contribution in [2.24, 2.45) is 5.10 Å². The SMILES string of the molecule is COc1nn([C@H](C)C(=O)N/N=C\c2ccc(F)s2)cc1[N+](=O)[O-]. The van der Waals surface area contributed by atoms with Gasteiger partial charge < -0.3 is 4.74 Å². The molecule has 0 fully saturated rings. The van der Waals surface area contributed by atoms with Crippen LogP contribution in [0.1, 0.15) is 17.8 Å². The summed E-state index contributed by atoms with van der Waals surface area (Å²) in [7, 11) is 1.24. The van der Waals surface area contributed by atoms with Crippen LogP contribution < -0.4 is 10.2 Å². The molecule has 0 saturated carbocycles. The molecular formula is C12H12FN5O4S. The van der Waals surface area contributed by atoms with E-state index in [1.807, 2.05) is 0 Å². The van der Waals surface area contributed by atoms with Crippen LogP contribution in [0.2, 0.25) is 0 Å². The number of hydrazone groups is 1. The minimum atomic E-state index is -0.852. The second-order valence-electron chi connectivity index (χ2n) is 4.31. The van der Waals surface area contributed by atoms with Gasteiger partial charge in [-0.15, -0.1) is 16.4 Å². The number of nitro groups is 1. The highest BCUT2D eigenvalue weighted by molar-refractivity contribution is 7.12. The third-order valence-electron chi connectivity index (χ3n) is 2.81. The van der Waals surface area contributed by atoms with Crippen molar-refractivity contribution in [3.8, 4) is 5.88 Å². The quantitative estimate of drug-likeness (QED) is 0.488. The lowest BCUT2D eigenvalue weighted by atomic mass is 10.3. The Kier molecular flexibility index (Phi) is 5.01. The molecule has 2 rings (SSSR count). The molecule has 0 saturated heterocycles. The molecular weight excluding hydrogens is 329 g/mol. The van der Waals surface area contributed by atoms with Gasteiger partial charge in [0.1, 0.15) is 12.2 Å².